The summed E-state index contributed by atoms with van der Waals surface area (Å²) in [6, 6.07) is 10.1. The van der Waals surface area contributed by atoms with E-state index in [0.717, 1.165) is 50.2 Å². The van der Waals surface area contributed by atoms with E-state index in [-0.39, 0.29) is 11.9 Å². The minimum Gasteiger partial charge on any atom is -0.467 e. The fourth-order valence-electron chi connectivity index (χ4n) is 4.47. The molecule has 2 aliphatic heterocycles. The van der Waals surface area contributed by atoms with E-state index in [1.807, 2.05) is 18.2 Å². The highest BCUT2D eigenvalue weighted by Gasteiger charge is 2.34. The highest BCUT2D eigenvalue weighted by molar-refractivity contribution is 5.86. The Kier molecular flexibility index (Phi) is 6.86. The van der Waals surface area contributed by atoms with Crippen molar-refractivity contribution in [2.45, 2.75) is 50.7 Å². The maximum atomic E-state index is 12.7. The topological polar surface area (TPSA) is 87.9 Å². The highest BCUT2D eigenvalue weighted by atomic mass is 16.5. The Balaban J connectivity index is 1.26. The number of hydrogen-bond acceptors (Lipinski definition) is 7. The van der Waals surface area contributed by atoms with Gasteiger partial charge in [0.1, 0.15) is 12.3 Å². The quantitative estimate of drug-likeness (QED) is 0.679. The summed E-state index contributed by atoms with van der Waals surface area (Å²) in [6.07, 6.45) is 5.57. The van der Waals surface area contributed by atoms with E-state index < -0.39 is 6.04 Å². The van der Waals surface area contributed by atoms with Gasteiger partial charge in [0.2, 0.25) is 5.91 Å². The molecule has 0 saturated carbocycles. The van der Waals surface area contributed by atoms with Gasteiger partial charge in [0, 0.05) is 44.0 Å². The lowest BCUT2D eigenvalue weighted by Crippen LogP contribution is -2.42. The molecule has 166 valence electrons. The van der Waals surface area contributed by atoms with Crippen molar-refractivity contribution < 1.29 is 18.8 Å². The number of likely N-dealkylation sites (tertiary alicyclic amines) is 1. The first-order valence-electron chi connectivity index (χ1n) is 11.0. The van der Waals surface area contributed by atoms with Crippen LogP contribution in [0.4, 0.5) is 5.69 Å². The molecule has 2 aromatic rings. The van der Waals surface area contributed by atoms with Gasteiger partial charge in [-0.3, -0.25) is 4.79 Å². The Morgan fingerprint density at radius 3 is 2.58 bits per heavy atom. The molecule has 2 aliphatic rings. The average Bonchev–Trinajstić information content (AvgIpc) is 3.50. The summed E-state index contributed by atoms with van der Waals surface area (Å²) < 4.78 is 9.71. The number of esters is 1. The molecular weight excluding hydrogens is 396 g/mol. The smallest absolute Gasteiger partial charge is 0.328 e. The van der Waals surface area contributed by atoms with E-state index >= 15 is 0 Å². The van der Waals surface area contributed by atoms with Crippen LogP contribution in [-0.2, 0) is 27.3 Å². The monoisotopic (exact) mass is 426 g/mol. The fourth-order valence-corrected chi connectivity index (χ4v) is 4.47. The van der Waals surface area contributed by atoms with Crippen molar-refractivity contribution in [3.63, 3.8) is 0 Å². The molecule has 4 rings (SSSR count). The first-order valence-corrected chi connectivity index (χ1v) is 11.0. The fraction of sp³-hybridized carbons (Fsp3) is 0.522. The lowest BCUT2D eigenvalue weighted by Gasteiger charge is -2.34. The first kappa shape index (κ1) is 21.4. The Morgan fingerprint density at radius 1 is 1.13 bits per heavy atom. The zero-order chi connectivity index (χ0) is 21.6. The molecule has 0 radical (unpaired) electrons. The van der Waals surface area contributed by atoms with E-state index in [4.69, 9.17) is 9.26 Å². The lowest BCUT2D eigenvalue weighted by atomic mass is 10.0. The normalized spacial score (nSPS) is 19.6. The van der Waals surface area contributed by atoms with Crippen LogP contribution in [0, 0.1) is 0 Å². The van der Waals surface area contributed by atoms with Gasteiger partial charge in [0.25, 0.3) is 0 Å². The number of methoxy groups -OCH3 is 1. The molecule has 2 saturated heterocycles. The van der Waals surface area contributed by atoms with E-state index in [9.17, 15) is 9.59 Å². The average molecular weight is 427 g/mol. The number of ether oxygens (including phenoxy) is 1. The van der Waals surface area contributed by atoms with Crippen molar-refractivity contribution in [2.24, 2.45) is 0 Å². The van der Waals surface area contributed by atoms with Gasteiger partial charge < -0.3 is 24.4 Å². The Hall–Kier alpha value is -2.87. The number of carbonyl (C=O) groups is 2. The molecule has 0 unspecified atom stereocenters. The zero-order valence-corrected chi connectivity index (χ0v) is 18.0. The first-order chi connectivity index (χ1) is 15.1. The van der Waals surface area contributed by atoms with Crippen molar-refractivity contribution in [2.75, 3.05) is 31.6 Å². The third-order valence-electron chi connectivity index (χ3n) is 6.26. The number of piperidine rings is 1. The van der Waals surface area contributed by atoms with Crippen molar-refractivity contribution >= 4 is 17.6 Å². The number of nitrogens with one attached hydrogen (secondary N) is 1. The van der Waals surface area contributed by atoms with Gasteiger partial charge in [0.15, 0.2) is 0 Å². The van der Waals surface area contributed by atoms with Crippen LogP contribution in [0.15, 0.2) is 41.1 Å². The standard InChI is InChI=1S/C23H30N4O4/c1-30-23(29)21-3-2-11-27(21)22(28)15-17-4-6-20(7-5-17)26-12-8-18(9-13-26)24-16-19-10-14-31-25-19/h4-7,10,14,18,21,24H,2-3,8-9,11-13,15-16H2,1H3/t21-/m0/s1. The molecule has 1 aromatic carbocycles. The van der Waals surface area contributed by atoms with Gasteiger partial charge in [0.05, 0.1) is 19.2 Å². The molecular formula is C23H30N4O4. The largest absolute Gasteiger partial charge is 0.467 e. The van der Waals surface area contributed by atoms with E-state index in [0.29, 0.717) is 25.4 Å². The molecule has 0 bridgehead atoms. The van der Waals surface area contributed by atoms with Crippen LogP contribution in [0.2, 0.25) is 0 Å². The van der Waals surface area contributed by atoms with Gasteiger partial charge in [-0.1, -0.05) is 17.3 Å². The number of aromatic nitrogens is 1. The predicted molar refractivity (Wildman–Crippen MR) is 115 cm³/mol. The minimum absolute atomic E-state index is 0.0142. The molecule has 8 nitrogen and oxygen atoms in total. The van der Waals surface area contributed by atoms with Gasteiger partial charge in [-0.25, -0.2) is 4.79 Å². The molecule has 1 aromatic heterocycles. The van der Waals surface area contributed by atoms with Gasteiger partial charge in [-0.05, 0) is 43.4 Å². The lowest BCUT2D eigenvalue weighted by molar-refractivity contribution is -0.150. The number of carbonyl (C=O) groups excluding carboxylic acids is 2. The summed E-state index contributed by atoms with van der Waals surface area (Å²) in [5, 5.41) is 7.48. The SMILES string of the molecule is COC(=O)[C@@H]1CCCN1C(=O)Cc1ccc(N2CCC(NCc3ccon3)CC2)cc1. The Morgan fingerprint density at radius 2 is 1.90 bits per heavy atom. The maximum Gasteiger partial charge on any atom is 0.328 e. The molecule has 31 heavy (non-hydrogen) atoms. The summed E-state index contributed by atoms with van der Waals surface area (Å²) in [7, 11) is 1.37. The molecule has 2 fully saturated rings. The summed E-state index contributed by atoms with van der Waals surface area (Å²) >= 11 is 0. The third-order valence-corrected chi connectivity index (χ3v) is 6.26. The molecule has 8 heteroatoms. The summed E-state index contributed by atoms with van der Waals surface area (Å²) in [6.45, 7) is 3.33. The maximum absolute atomic E-state index is 12.7. The van der Waals surface area contributed by atoms with Crippen molar-refractivity contribution in [3.05, 3.63) is 47.9 Å². The van der Waals surface area contributed by atoms with Crippen LogP contribution in [0.3, 0.4) is 0 Å². The molecule has 3 heterocycles. The number of nitrogens with zero attached hydrogens (tertiary/aromatic N) is 3. The number of hydrogen-bond donors (Lipinski definition) is 1. The second-order valence-corrected chi connectivity index (χ2v) is 8.24. The number of anilines is 1. The third kappa shape index (κ3) is 5.25. The van der Waals surface area contributed by atoms with Gasteiger partial charge in [-0.2, -0.15) is 0 Å². The van der Waals surface area contributed by atoms with Crippen LogP contribution < -0.4 is 10.2 Å². The predicted octanol–water partition coefficient (Wildman–Crippen LogP) is 2.14. The van der Waals surface area contributed by atoms with Crippen LogP contribution in [-0.4, -0.2) is 60.8 Å². The second kappa shape index (κ2) is 9.96. The van der Waals surface area contributed by atoms with Crippen molar-refractivity contribution in [1.29, 1.82) is 0 Å². The van der Waals surface area contributed by atoms with Crippen LogP contribution in [0.1, 0.15) is 36.9 Å². The zero-order valence-electron chi connectivity index (χ0n) is 18.0. The Bertz CT molecular complexity index is 860. The summed E-state index contributed by atoms with van der Waals surface area (Å²) in [5.74, 6) is -0.334. The second-order valence-electron chi connectivity index (χ2n) is 8.24. The summed E-state index contributed by atoms with van der Waals surface area (Å²) in [4.78, 5) is 28.6. The van der Waals surface area contributed by atoms with E-state index in [1.165, 1.54) is 12.8 Å². The molecule has 1 N–H and O–H groups in total. The van der Waals surface area contributed by atoms with Crippen LogP contribution in [0.25, 0.3) is 0 Å². The number of benzene rings is 1. The molecule has 1 atom stereocenters. The number of rotatable bonds is 7. The Labute approximate surface area is 182 Å². The summed E-state index contributed by atoms with van der Waals surface area (Å²) in [5.41, 5.74) is 3.08. The molecule has 0 aliphatic carbocycles. The van der Waals surface area contributed by atoms with Crippen molar-refractivity contribution in [1.82, 2.24) is 15.4 Å². The van der Waals surface area contributed by atoms with Crippen LogP contribution in [0.5, 0.6) is 0 Å². The van der Waals surface area contributed by atoms with E-state index in [1.54, 1.807) is 11.2 Å². The van der Waals surface area contributed by atoms with Gasteiger partial charge >= 0.3 is 5.97 Å². The highest BCUT2D eigenvalue weighted by Crippen LogP contribution is 2.23. The van der Waals surface area contributed by atoms with E-state index in [2.05, 4.69) is 27.5 Å². The molecule has 1 amide bonds. The molecule has 0 spiro atoms. The minimum atomic E-state index is -0.434. The van der Waals surface area contributed by atoms with Crippen LogP contribution >= 0.6 is 0 Å². The number of amides is 1. The van der Waals surface area contributed by atoms with Crippen molar-refractivity contribution in [3.8, 4) is 0 Å². The van der Waals surface area contributed by atoms with Gasteiger partial charge in [-0.15, -0.1) is 0 Å².